The number of hydrogen-bond acceptors (Lipinski definition) is 4. The highest BCUT2D eigenvalue weighted by Crippen LogP contribution is 2.34. The Morgan fingerprint density at radius 1 is 1.21 bits per heavy atom. The van der Waals surface area contributed by atoms with Crippen LogP contribution >= 0.6 is 0 Å². The van der Waals surface area contributed by atoms with Crippen molar-refractivity contribution in [3.05, 3.63) is 18.2 Å². The monoisotopic (exact) mass is 261 g/mol. The quantitative estimate of drug-likeness (QED) is 0.826. The molecule has 4 nitrogen and oxygen atoms in total. The Hall–Kier alpha value is -1.42. The predicted octanol–water partition coefficient (Wildman–Crippen LogP) is 1.95. The second-order valence-corrected chi connectivity index (χ2v) is 5.52. The Morgan fingerprint density at radius 3 is 2.89 bits per heavy atom. The largest absolute Gasteiger partial charge is 0.495 e. The van der Waals surface area contributed by atoms with Gasteiger partial charge in [0.25, 0.3) is 0 Å². The molecule has 0 saturated carbocycles. The number of benzene rings is 1. The summed E-state index contributed by atoms with van der Waals surface area (Å²) in [6.07, 6.45) is 3.87. The van der Waals surface area contributed by atoms with Gasteiger partial charge in [0.2, 0.25) is 0 Å². The number of nitrogens with zero attached hydrogens (tertiary/aromatic N) is 2. The van der Waals surface area contributed by atoms with Crippen molar-refractivity contribution in [1.29, 1.82) is 0 Å². The number of methoxy groups -OCH3 is 1. The summed E-state index contributed by atoms with van der Waals surface area (Å²) in [6, 6.07) is 6.77. The zero-order chi connectivity index (χ0) is 13.2. The van der Waals surface area contributed by atoms with Gasteiger partial charge in [-0.25, -0.2) is 0 Å². The fourth-order valence-electron chi connectivity index (χ4n) is 3.41. The number of nitrogen functional groups attached to an aromatic ring is 1. The lowest BCUT2D eigenvalue weighted by molar-refractivity contribution is 0.273. The smallest absolute Gasteiger partial charge is 0.143 e. The Labute approximate surface area is 115 Å². The molecule has 0 amide bonds. The summed E-state index contributed by atoms with van der Waals surface area (Å²) in [5.41, 5.74) is 8.14. The Balaban J connectivity index is 1.85. The Bertz CT molecular complexity index is 449. The lowest BCUT2D eigenvalue weighted by Gasteiger charge is -2.28. The van der Waals surface area contributed by atoms with Crippen molar-refractivity contribution in [3.8, 4) is 5.75 Å². The van der Waals surface area contributed by atoms with Gasteiger partial charge in [-0.1, -0.05) is 6.07 Å². The summed E-state index contributed by atoms with van der Waals surface area (Å²) >= 11 is 0. The van der Waals surface area contributed by atoms with Gasteiger partial charge < -0.3 is 15.4 Å². The van der Waals surface area contributed by atoms with E-state index in [1.807, 2.05) is 12.1 Å². The zero-order valence-electron chi connectivity index (χ0n) is 11.6. The number of rotatable bonds is 2. The van der Waals surface area contributed by atoms with Gasteiger partial charge in [-0.15, -0.1) is 0 Å². The average molecular weight is 261 g/mol. The molecule has 1 aromatic carbocycles. The minimum atomic E-state index is 0.702. The highest BCUT2D eigenvalue weighted by atomic mass is 16.5. The topological polar surface area (TPSA) is 41.7 Å². The molecule has 1 unspecified atom stereocenters. The van der Waals surface area contributed by atoms with Gasteiger partial charge in [-0.3, -0.25) is 4.90 Å². The summed E-state index contributed by atoms with van der Waals surface area (Å²) in [5, 5.41) is 0. The van der Waals surface area contributed by atoms with Crippen LogP contribution in [0, 0.1) is 0 Å². The van der Waals surface area contributed by atoms with Gasteiger partial charge >= 0.3 is 0 Å². The molecule has 0 radical (unpaired) electrons. The summed E-state index contributed by atoms with van der Waals surface area (Å²) < 4.78 is 5.33. The number of nitrogens with two attached hydrogens (primary N) is 1. The number of fused-ring (bicyclic) bond motifs is 1. The number of hydrogen-bond donors (Lipinski definition) is 1. The van der Waals surface area contributed by atoms with E-state index >= 15 is 0 Å². The van der Waals surface area contributed by atoms with Crippen molar-refractivity contribution in [3.63, 3.8) is 0 Å². The van der Waals surface area contributed by atoms with Crippen molar-refractivity contribution in [2.24, 2.45) is 0 Å². The lowest BCUT2D eigenvalue weighted by Crippen LogP contribution is -2.36. The molecule has 1 aromatic rings. The number of para-hydroxylation sites is 1. The van der Waals surface area contributed by atoms with Crippen molar-refractivity contribution in [2.45, 2.75) is 25.3 Å². The summed E-state index contributed by atoms with van der Waals surface area (Å²) in [4.78, 5) is 5.07. The van der Waals surface area contributed by atoms with E-state index in [1.165, 1.54) is 32.4 Å². The molecule has 2 fully saturated rings. The first kappa shape index (κ1) is 12.6. The van der Waals surface area contributed by atoms with E-state index in [-0.39, 0.29) is 0 Å². The fraction of sp³-hybridized carbons (Fsp3) is 0.600. The third kappa shape index (κ3) is 2.37. The first-order valence-electron chi connectivity index (χ1n) is 7.21. The van der Waals surface area contributed by atoms with Crippen LogP contribution < -0.4 is 15.4 Å². The molecule has 0 bridgehead atoms. The molecule has 19 heavy (non-hydrogen) atoms. The Morgan fingerprint density at radius 2 is 2.05 bits per heavy atom. The first-order valence-corrected chi connectivity index (χ1v) is 7.21. The molecular formula is C15H23N3O. The van der Waals surface area contributed by atoms with Crippen LogP contribution in [-0.2, 0) is 0 Å². The third-order valence-corrected chi connectivity index (χ3v) is 4.41. The van der Waals surface area contributed by atoms with Crippen LogP contribution in [0.4, 0.5) is 11.4 Å². The first-order chi connectivity index (χ1) is 9.29. The van der Waals surface area contributed by atoms with E-state index in [2.05, 4.69) is 15.9 Å². The standard InChI is InChI=1S/C15H23N3O/c1-19-14-7-2-6-13(15(14)16)18-10-4-9-17-8-3-5-12(17)11-18/h2,6-7,12H,3-5,8-11,16H2,1H3. The van der Waals surface area contributed by atoms with Crippen molar-refractivity contribution < 1.29 is 4.74 Å². The lowest BCUT2D eigenvalue weighted by atomic mass is 10.1. The zero-order valence-corrected chi connectivity index (χ0v) is 11.6. The molecule has 1 atom stereocenters. The molecule has 0 aliphatic carbocycles. The van der Waals surface area contributed by atoms with E-state index in [0.717, 1.165) is 30.2 Å². The molecule has 2 heterocycles. The minimum Gasteiger partial charge on any atom is -0.495 e. The minimum absolute atomic E-state index is 0.702. The van der Waals surface area contributed by atoms with Crippen molar-refractivity contribution in [1.82, 2.24) is 4.90 Å². The highest BCUT2D eigenvalue weighted by Gasteiger charge is 2.29. The molecule has 2 aliphatic rings. The maximum absolute atomic E-state index is 6.23. The molecule has 3 rings (SSSR count). The maximum atomic E-state index is 6.23. The molecule has 2 aliphatic heterocycles. The van der Waals surface area contributed by atoms with Crippen molar-refractivity contribution >= 4 is 11.4 Å². The third-order valence-electron chi connectivity index (χ3n) is 4.41. The van der Waals surface area contributed by atoms with Gasteiger partial charge in [-0.2, -0.15) is 0 Å². The van der Waals surface area contributed by atoms with Crippen LogP contribution in [0.1, 0.15) is 19.3 Å². The SMILES string of the molecule is COc1cccc(N2CCCN3CCCC3C2)c1N. The summed E-state index contributed by atoms with van der Waals surface area (Å²) in [7, 11) is 1.68. The number of ether oxygens (including phenoxy) is 1. The second kappa shape index (κ2) is 5.29. The van der Waals surface area contributed by atoms with Crippen LogP contribution in [0.3, 0.4) is 0 Å². The molecule has 104 valence electrons. The molecule has 0 spiro atoms. The van der Waals surface area contributed by atoms with Crippen LogP contribution in [0.25, 0.3) is 0 Å². The molecule has 0 aromatic heterocycles. The Kier molecular flexibility index (Phi) is 3.51. The van der Waals surface area contributed by atoms with E-state index in [9.17, 15) is 0 Å². The molecular weight excluding hydrogens is 238 g/mol. The molecule has 4 heteroatoms. The van der Waals surface area contributed by atoms with Crippen LogP contribution in [-0.4, -0.2) is 44.2 Å². The van der Waals surface area contributed by atoms with E-state index in [4.69, 9.17) is 10.5 Å². The van der Waals surface area contributed by atoms with Gasteiger partial charge in [-0.05, 0) is 37.9 Å². The van der Waals surface area contributed by atoms with Crippen molar-refractivity contribution in [2.75, 3.05) is 43.9 Å². The summed E-state index contributed by atoms with van der Waals surface area (Å²) in [6.45, 7) is 4.68. The predicted molar refractivity (Wildman–Crippen MR) is 78.8 cm³/mol. The van der Waals surface area contributed by atoms with Crippen LogP contribution in [0.2, 0.25) is 0 Å². The normalized spacial score (nSPS) is 24.1. The average Bonchev–Trinajstić information content (AvgIpc) is 2.77. The second-order valence-electron chi connectivity index (χ2n) is 5.52. The van der Waals surface area contributed by atoms with Crippen LogP contribution in [0.15, 0.2) is 18.2 Å². The molecule has 2 N–H and O–H groups in total. The van der Waals surface area contributed by atoms with Gasteiger partial charge in [0, 0.05) is 25.7 Å². The van der Waals surface area contributed by atoms with E-state index in [1.54, 1.807) is 7.11 Å². The number of anilines is 2. The maximum Gasteiger partial charge on any atom is 0.143 e. The van der Waals surface area contributed by atoms with E-state index < -0.39 is 0 Å². The van der Waals surface area contributed by atoms with E-state index in [0.29, 0.717) is 6.04 Å². The van der Waals surface area contributed by atoms with Gasteiger partial charge in [0.15, 0.2) is 0 Å². The fourth-order valence-corrected chi connectivity index (χ4v) is 3.41. The highest BCUT2D eigenvalue weighted by molar-refractivity contribution is 5.74. The molecule has 2 saturated heterocycles. The van der Waals surface area contributed by atoms with Gasteiger partial charge in [0.1, 0.15) is 5.75 Å². The summed E-state index contributed by atoms with van der Waals surface area (Å²) in [5.74, 6) is 0.782. The van der Waals surface area contributed by atoms with Gasteiger partial charge in [0.05, 0.1) is 18.5 Å². The van der Waals surface area contributed by atoms with Crippen LogP contribution in [0.5, 0.6) is 5.75 Å².